The highest BCUT2D eigenvalue weighted by molar-refractivity contribution is 6.33. The summed E-state index contributed by atoms with van der Waals surface area (Å²) in [5.41, 5.74) is 5.21. The monoisotopic (exact) mass is 316 g/mol. The molecule has 2 aromatic rings. The van der Waals surface area contributed by atoms with Gasteiger partial charge in [0, 0.05) is 10.6 Å². The Labute approximate surface area is 134 Å². The number of ether oxygens (including phenoxy) is 1. The molecule has 0 bridgehead atoms. The molecule has 0 atom stereocenters. The lowest BCUT2D eigenvalue weighted by molar-refractivity contribution is -0.123. The van der Waals surface area contributed by atoms with E-state index in [1.165, 1.54) is 6.21 Å². The van der Waals surface area contributed by atoms with Crippen LogP contribution in [0.5, 0.6) is 5.75 Å². The molecule has 0 heterocycles. The molecule has 5 heteroatoms. The van der Waals surface area contributed by atoms with Crippen LogP contribution in [0.3, 0.4) is 0 Å². The smallest absolute Gasteiger partial charge is 0.277 e. The molecular formula is C17H17ClN2O2. The Balaban J connectivity index is 1.86. The second-order valence-corrected chi connectivity index (χ2v) is 5.28. The van der Waals surface area contributed by atoms with E-state index >= 15 is 0 Å². The van der Waals surface area contributed by atoms with Gasteiger partial charge in [0.05, 0.1) is 6.21 Å². The van der Waals surface area contributed by atoms with Gasteiger partial charge in [0.25, 0.3) is 5.91 Å². The van der Waals surface area contributed by atoms with Crippen LogP contribution < -0.4 is 10.2 Å². The summed E-state index contributed by atoms with van der Waals surface area (Å²) < 4.78 is 5.49. The van der Waals surface area contributed by atoms with Crippen molar-refractivity contribution >= 4 is 23.7 Å². The Morgan fingerprint density at radius 1 is 1.27 bits per heavy atom. The zero-order chi connectivity index (χ0) is 15.9. The summed E-state index contributed by atoms with van der Waals surface area (Å²) >= 11 is 5.98. The van der Waals surface area contributed by atoms with Gasteiger partial charge in [0.2, 0.25) is 0 Å². The summed E-state index contributed by atoms with van der Waals surface area (Å²) in [5.74, 6) is 0.370. The van der Waals surface area contributed by atoms with Crippen LogP contribution in [-0.4, -0.2) is 18.7 Å². The van der Waals surface area contributed by atoms with Gasteiger partial charge in [0.15, 0.2) is 6.61 Å². The zero-order valence-electron chi connectivity index (χ0n) is 12.5. The number of nitrogens with zero attached hydrogens (tertiary/aromatic N) is 1. The molecule has 0 fully saturated rings. The number of carbonyl (C=O) groups excluding carboxylic acids is 1. The average Bonchev–Trinajstić information content (AvgIpc) is 2.50. The van der Waals surface area contributed by atoms with Gasteiger partial charge in [-0.3, -0.25) is 4.79 Å². The van der Waals surface area contributed by atoms with E-state index in [9.17, 15) is 4.79 Å². The number of rotatable bonds is 5. The van der Waals surface area contributed by atoms with Crippen molar-refractivity contribution in [2.24, 2.45) is 5.10 Å². The topological polar surface area (TPSA) is 50.7 Å². The zero-order valence-corrected chi connectivity index (χ0v) is 13.2. The summed E-state index contributed by atoms with van der Waals surface area (Å²) in [4.78, 5) is 11.7. The van der Waals surface area contributed by atoms with Crippen LogP contribution in [0.2, 0.25) is 5.02 Å². The van der Waals surface area contributed by atoms with Gasteiger partial charge in [-0.2, -0.15) is 5.10 Å². The van der Waals surface area contributed by atoms with Crippen molar-refractivity contribution in [2.75, 3.05) is 6.61 Å². The van der Waals surface area contributed by atoms with E-state index in [1.807, 2.05) is 50.2 Å². The van der Waals surface area contributed by atoms with Crippen LogP contribution in [0.25, 0.3) is 0 Å². The Kier molecular flexibility index (Phi) is 5.55. The lowest BCUT2D eigenvalue weighted by Crippen LogP contribution is -2.24. The van der Waals surface area contributed by atoms with Crippen LogP contribution in [-0.2, 0) is 4.79 Å². The number of hydrogen-bond acceptors (Lipinski definition) is 3. The molecule has 0 spiro atoms. The van der Waals surface area contributed by atoms with Gasteiger partial charge in [-0.05, 0) is 37.1 Å². The number of hydrazone groups is 1. The standard InChI is InChI=1S/C17H17ClN2O2/c1-12-7-8-13(2)16(9-12)22-11-17(21)20-19-10-14-5-3-4-6-15(14)18/h3-10H,11H2,1-2H3,(H,20,21)/b19-10+. The molecule has 0 aliphatic carbocycles. The number of amides is 1. The number of aryl methyl sites for hydroxylation is 2. The Hall–Kier alpha value is -2.33. The van der Waals surface area contributed by atoms with Crippen molar-refractivity contribution < 1.29 is 9.53 Å². The first-order valence-electron chi connectivity index (χ1n) is 6.83. The molecule has 4 nitrogen and oxygen atoms in total. The number of halogens is 1. The summed E-state index contributed by atoms with van der Waals surface area (Å²) in [6, 6.07) is 13.1. The number of carbonyl (C=O) groups is 1. The third kappa shape index (κ3) is 4.60. The maximum Gasteiger partial charge on any atom is 0.277 e. The third-order valence-corrected chi connectivity index (χ3v) is 3.34. The maximum absolute atomic E-state index is 11.7. The van der Waals surface area contributed by atoms with E-state index in [4.69, 9.17) is 16.3 Å². The van der Waals surface area contributed by atoms with Crippen LogP contribution in [0.15, 0.2) is 47.6 Å². The molecule has 22 heavy (non-hydrogen) atoms. The molecule has 0 aromatic heterocycles. The molecule has 0 aliphatic rings. The van der Waals surface area contributed by atoms with Crippen molar-refractivity contribution in [1.29, 1.82) is 0 Å². The van der Waals surface area contributed by atoms with Gasteiger partial charge in [-0.25, -0.2) is 5.43 Å². The molecular weight excluding hydrogens is 300 g/mol. The Morgan fingerprint density at radius 2 is 2.05 bits per heavy atom. The summed E-state index contributed by atoms with van der Waals surface area (Å²) in [6.07, 6.45) is 1.50. The number of nitrogens with one attached hydrogen (secondary N) is 1. The highest BCUT2D eigenvalue weighted by Gasteiger charge is 2.04. The Morgan fingerprint density at radius 3 is 2.82 bits per heavy atom. The maximum atomic E-state index is 11.7. The number of hydrogen-bond donors (Lipinski definition) is 1. The fourth-order valence-electron chi connectivity index (χ4n) is 1.79. The lowest BCUT2D eigenvalue weighted by Gasteiger charge is -2.08. The molecule has 1 amide bonds. The average molecular weight is 317 g/mol. The fourth-order valence-corrected chi connectivity index (χ4v) is 1.98. The van der Waals surface area contributed by atoms with Gasteiger partial charge >= 0.3 is 0 Å². The predicted octanol–water partition coefficient (Wildman–Crippen LogP) is 3.49. The molecule has 114 valence electrons. The van der Waals surface area contributed by atoms with E-state index < -0.39 is 0 Å². The molecule has 0 unspecified atom stereocenters. The minimum atomic E-state index is -0.329. The van der Waals surface area contributed by atoms with Crippen LogP contribution in [0, 0.1) is 13.8 Å². The van der Waals surface area contributed by atoms with Crippen molar-refractivity contribution in [3.05, 3.63) is 64.2 Å². The van der Waals surface area contributed by atoms with Crippen LogP contribution in [0.1, 0.15) is 16.7 Å². The van der Waals surface area contributed by atoms with Crippen molar-refractivity contribution in [3.63, 3.8) is 0 Å². The summed E-state index contributed by atoms with van der Waals surface area (Å²) in [7, 11) is 0. The van der Waals surface area contributed by atoms with E-state index in [1.54, 1.807) is 6.07 Å². The fraction of sp³-hybridized carbons (Fsp3) is 0.176. The van der Waals surface area contributed by atoms with E-state index in [0.717, 1.165) is 16.7 Å². The van der Waals surface area contributed by atoms with Crippen molar-refractivity contribution in [3.8, 4) is 5.75 Å². The largest absolute Gasteiger partial charge is 0.483 e. The number of benzene rings is 2. The molecule has 0 saturated heterocycles. The first-order valence-corrected chi connectivity index (χ1v) is 7.20. The first-order chi connectivity index (χ1) is 10.6. The molecule has 0 saturated carbocycles. The van der Waals surface area contributed by atoms with Gasteiger partial charge in [0.1, 0.15) is 5.75 Å². The summed E-state index contributed by atoms with van der Waals surface area (Å²) in [5, 5.41) is 4.44. The van der Waals surface area contributed by atoms with Crippen molar-refractivity contribution in [1.82, 2.24) is 5.43 Å². The minimum absolute atomic E-state index is 0.0931. The van der Waals surface area contributed by atoms with E-state index in [-0.39, 0.29) is 12.5 Å². The molecule has 0 aliphatic heterocycles. The highest BCUT2D eigenvalue weighted by atomic mass is 35.5. The highest BCUT2D eigenvalue weighted by Crippen LogP contribution is 2.18. The second-order valence-electron chi connectivity index (χ2n) is 4.87. The van der Waals surface area contributed by atoms with Gasteiger partial charge in [-0.1, -0.05) is 41.9 Å². The molecule has 2 aromatic carbocycles. The van der Waals surface area contributed by atoms with E-state index in [0.29, 0.717) is 10.8 Å². The quantitative estimate of drug-likeness (QED) is 0.678. The van der Waals surface area contributed by atoms with Crippen molar-refractivity contribution in [2.45, 2.75) is 13.8 Å². The lowest BCUT2D eigenvalue weighted by atomic mass is 10.1. The van der Waals surface area contributed by atoms with Crippen LogP contribution >= 0.6 is 11.6 Å². The van der Waals surface area contributed by atoms with Gasteiger partial charge in [-0.15, -0.1) is 0 Å². The third-order valence-electron chi connectivity index (χ3n) is 3.00. The first kappa shape index (κ1) is 16.0. The Bertz CT molecular complexity index is 699. The van der Waals surface area contributed by atoms with Gasteiger partial charge < -0.3 is 4.74 Å². The second kappa shape index (κ2) is 7.61. The molecule has 2 rings (SSSR count). The van der Waals surface area contributed by atoms with Crippen LogP contribution in [0.4, 0.5) is 0 Å². The minimum Gasteiger partial charge on any atom is -0.483 e. The summed E-state index contributed by atoms with van der Waals surface area (Å²) in [6.45, 7) is 3.81. The SMILES string of the molecule is Cc1ccc(C)c(OCC(=O)N/N=C/c2ccccc2Cl)c1. The molecule has 1 N–H and O–H groups in total. The normalized spacial score (nSPS) is 10.7. The predicted molar refractivity (Wildman–Crippen MR) is 88.6 cm³/mol. The molecule has 0 radical (unpaired) electrons. The van der Waals surface area contributed by atoms with E-state index in [2.05, 4.69) is 10.5 Å².